The highest BCUT2D eigenvalue weighted by atomic mass is 16.5. The van der Waals surface area contributed by atoms with Gasteiger partial charge in [0.25, 0.3) is 5.91 Å². The van der Waals surface area contributed by atoms with Crippen molar-refractivity contribution in [3.05, 3.63) is 29.8 Å². The van der Waals surface area contributed by atoms with E-state index in [0.29, 0.717) is 11.8 Å². The first-order valence-electron chi connectivity index (χ1n) is 6.39. The van der Waals surface area contributed by atoms with Crippen molar-refractivity contribution in [3.63, 3.8) is 0 Å². The Morgan fingerprint density at radius 1 is 1.44 bits per heavy atom. The van der Waals surface area contributed by atoms with Crippen molar-refractivity contribution in [3.8, 4) is 5.75 Å². The predicted molar refractivity (Wildman–Crippen MR) is 70.3 cm³/mol. The molecule has 1 fully saturated rings. The summed E-state index contributed by atoms with van der Waals surface area (Å²) in [6.45, 7) is 3.68. The SMILES string of the molecule is CC(Oc1cccc(C(C)N)c1)C(=O)NC1CC1. The first-order chi connectivity index (χ1) is 8.56. The van der Waals surface area contributed by atoms with Gasteiger partial charge in [0.2, 0.25) is 0 Å². The summed E-state index contributed by atoms with van der Waals surface area (Å²) in [6, 6.07) is 7.88. The van der Waals surface area contributed by atoms with Crippen molar-refractivity contribution in [2.75, 3.05) is 0 Å². The van der Waals surface area contributed by atoms with Crippen LogP contribution in [0.15, 0.2) is 24.3 Å². The fourth-order valence-electron chi connectivity index (χ4n) is 1.67. The number of hydrogen-bond acceptors (Lipinski definition) is 3. The van der Waals surface area contributed by atoms with Crippen LogP contribution in [-0.4, -0.2) is 18.1 Å². The molecule has 0 bridgehead atoms. The van der Waals surface area contributed by atoms with Gasteiger partial charge in [-0.3, -0.25) is 4.79 Å². The zero-order valence-electron chi connectivity index (χ0n) is 10.8. The second-order valence-corrected chi connectivity index (χ2v) is 4.90. The van der Waals surface area contributed by atoms with Gasteiger partial charge in [0.1, 0.15) is 5.75 Å². The average Bonchev–Trinajstić information content (AvgIpc) is 3.13. The van der Waals surface area contributed by atoms with Gasteiger partial charge >= 0.3 is 0 Å². The van der Waals surface area contributed by atoms with E-state index in [1.54, 1.807) is 6.92 Å². The number of benzene rings is 1. The van der Waals surface area contributed by atoms with Gasteiger partial charge in [-0.15, -0.1) is 0 Å². The summed E-state index contributed by atoms with van der Waals surface area (Å²) >= 11 is 0. The highest BCUT2D eigenvalue weighted by Gasteiger charge is 2.26. The van der Waals surface area contributed by atoms with Gasteiger partial charge in [-0.1, -0.05) is 12.1 Å². The monoisotopic (exact) mass is 248 g/mol. The fraction of sp³-hybridized carbons (Fsp3) is 0.500. The topological polar surface area (TPSA) is 64.3 Å². The van der Waals surface area contributed by atoms with E-state index in [1.807, 2.05) is 31.2 Å². The molecule has 0 saturated heterocycles. The summed E-state index contributed by atoms with van der Waals surface area (Å²) in [5.74, 6) is 0.631. The summed E-state index contributed by atoms with van der Waals surface area (Å²) in [4.78, 5) is 11.8. The van der Waals surface area contributed by atoms with Crippen LogP contribution in [0.3, 0.4) is 0 Å². The van der Waals surface area contributed by atoms with Gasteiger partial charge < -0.3 is 15.8 Å². The fourth-order valence-corrected chi connectivity index (χ4v) is 1.67. The summed E-state index contributed by atoms with van der Waals surface area (Å²) in [6.07, 6.45) is 1.69. The quantitative estimate of drug-likeness (QED) is 0.834. The van der Waals surface area contributed by atoms with Crippen molar-refractivity contribution in [2.24, 2.45) is 5.73 Å². The number of carbonyl (C=O) groups is 1. The number of nitrogens with one attached hydrogen (secondary N) is 1. The van der Waals surface area contributed by atoms with Crippen LogP contribution in [0.2, 0.25) is 0 Å². The van der Waals surface area contributed by atoms with Crippen LogP contribution < -0.4 is 15.8 Å². The highest BCUT2D eigenvalue weighted by molar-refractivity contribution is 5.81. The van der Waals surface area contributed by atoms with E-state index in [-0.39, 0.29) is 11.9 Å². The lowest BCUT2D eigenvalue weighted by molar-refractivity contribution is -0.127. The minimum atomic E-state index is -0.478. The Bertz CT molecular complexity index is 428. The molecule has 1 saturated carbocycles. The number of nitrogens with two attached hydrogens (primary N) is 1. The van der Waals surface area contributed by atoms with E-state index >= 15 is 0 Å². The Hall–Kier alpha value is -1.55. The Labute approximate surface area is 108 Å². The summed E-state index contributed by atoms with van der Waals surface area (Å²) in [5, 5.41) is 2.92. The number of ether oxygens (including phenoxy) is 1. The molecule has 2 rings (SSSR count). The van der Waals surface area contributed by atoms with Crippen molar-refractivity contribution in [2.45, 2.75) is 44.9 Å². The van der Waals surface area contributed by atoms with Gasteiger partial charge in [-0.25, -0.2) is 0 Å². The first-order valence-corrected chi connectivity index (χ1v) is 6.39. The molecule has 3 N–H and O–H groups in total. The lowest BCUT2D eigenvalue weighted by atomic mass is 10.1. The molecule has 0 heterocycles. The van der Waals surface area contributed by atoms with Crippen molar-refractivity contribution >= 4 is 5.91 Å². The molecule has 2 atom stereocenters. The van der Waals surface area contributed by atoms with E-state index in [4.69, 9.17) is 10.5 Å². The van der Waals surface area contributed by atoms with E-state index in [2.05, 4.69) is 5.32 Å². The molecule has 0 aromatic heterocycles. The highest BCUT2D eigenvalue weighted by Crippen LogP contribution is 2.21. The van der Waals surface area contributed by atoms with Crippen LogP contribution in [-0.2, 0) is 4.79 Å². The zero-order valence-corrected chi connectivity index (χ0v) is 10.8. The molecule has 0 radical (unpaired) electrons. The molecule has 1 aromatic carbocycles. The molecule has 1 aliphatic carbocycles. The molecule has 0 aliphatic heterocycles. The third kappa shape index (κ3) is 3.47. The molecule has 1 aromatic rings. The van der Waals surface area contributed by atoms with Crippen LogP contribution >= 0.6 is 0 Å². The van der Waals surface area contributed by atoms with Crippen LogP contribution in [0.5, 0.6) is 5.75 Å². The minimum Gasteiger partial charge on any atom is -0.481 e. The second-order valence-electron chi connectivity index (χ2n) is 4.90. The molecule has 4 heteroatoms. The second kappa shape index (κ2) is 5.40. The first kappa shape index (κ1) is 12.9. The Morgan fingerprint density at radius 3 is 2.78 bits per heavy atom. The van der Waals surface area contributed by atoms with Crippen LogP contribution in [0.25, 0.3) is 0 Å². The standard InChI is InChI=1S/C14H20N2O2/c1-9(15)11-4-3-5-13(8-11)18-10(2)14(17)16-12-6-7-12/h3-5,8-10,12H,6-7,15H2,1-2H3,(H,16,17). The minimum absolute atomic E-state index is 0.0378. The van der Waals surface area contributed by atoms with Crippen LogP contribution in [0.4, 0.5) is 0 Å². The Balaban J connectivity index is 1.94. The lowest BCUT2D eigenvalue weighted by Gasteiger charge is -2.15. The predicted octanol–water partition coefficient (Wildman–Crippen LogP) is 1.75. The van der Waals surface area contributed by atoms with E-state index in [9.17, 15) is 4.79 Å². The third-order valence-corrected chi connectivity index (χ3v) is 2.99. The Morgan fingerprint density at radius 2 is 2.17 bits per heavy atom. The maximum Gasteiger partial charge on any atom is 0.260 e. The maximum atomic E-state index is 11.8. The molecule has 2 unspecified atom stereocenters. The zero-order chi connectivity index (χ0) is 13.1. The van der Waals surface area contributed by atoms with Crippen LogP contribution in [0, 0.1) is 0 Å². The molecular weight excluding hydrogens is 228 g/mol. The van der Waals surface area contributed by atoms with Gasteiger partial charge in [-0.2, -0.15) is 0 Å². The maximum absolute atomic E-state index is 11.8. The van der Waals surface area contributed by atoms with Gasteiger partial charge in [0.15, 0.2) is 6.10 Å². The normalized spacial score (nSPS) is 17.9. The smallest absolute Gasteiger partial charge is 0.260 e. The summed E-state index contributed by atoms with van der Waals surface area (Å²) in [5.41, 5.74) is 6.81. The number of rotatable bonds is 5. The Kier molecular flexibility index (Phi) is 3.87. The number of amides is 1. The molecule has 4 nitrogen and oxygen atoms in total. The van der Waals surface area contributed by atoms with Crippen molar-refractivity contribution in [1.29, 1.82) is 0 Å². The summed E-state index contributed by atoms with van der Waals surface area (Å²) < 4.78 is 5.63. The molecule has 98 valence electrons. The molecular formula is C14H20N2O2. The lowest BCUT2D eigenvalue weighted by Crippen LogP contribution is -2.37. The van der Waals surface area contributed by atoms with E-state index in [1.165, 1.54) is 0 Å². The van der Waals surface area contributed by atoms with Crippen LogP contribution in [0.1, 0.15) is 38.3 Å². The van der Waals surface area contributed by atoms with Gasteiger partial charge in [-0.05, 0) is 44.4 Å². The number of carbonyl (C=O) groups excluding carboxylic acids is 1. The largest absolute Gasteiger partial charge is 0.481 e. The average molecular weight is 248 g/mol. The third-order valence-electron chi connectivity index (χ3n) is 2.99. The van der Waals surface area contributed by atoms with Gasteiger partial charge in [0.05, 0.1) is 0 Å². The molecule has 1 aliphatic rings. The summed E-state index contributed by atoms with van der Waals surface area (Å²) in [7, 11) is 0. The van der Waals surface area contributed by atoms with Crippen molar-refractivity contribution in [1.82, 2.24) is 5.32 Å². The van der Waals surface area contributed by atoms with E-state index in [0.717, 1.165) is 18.4 Å². The van der Waals surface area contributed by atoms with Gasteiger partial charge in [0, 0.05) is 12.1 Å². The van der Waals surface area contributed by atoms with E-state index < -0.39 is 6.10 Å². The molecule has 18 heavy (non-hydrogen) atoms. The number of hydrogen-bond donors (Lipinski definition) is 2. The van der Waals surface area contributed by atoms with Crippen molar-refractivity contribution < 1.29 is 9.53 Å². The molecule has 0 spiro atoms. The molecule has 1 amide bonds.